The highest BCUT2D eigenvalue weighted by molar-refractivity contribution is 5.78. The second kappa shape index (κ2) is 6.60. The van der Waals surface area contributed by atoms with E-state index in [9.17, 15) is 0 Å². The van der Waals surface area contributed by atoms with E-state index in [0.717, 1.165) is 36.0 Å². The molecule has 0 atom stereocenters. The van der Waals surface area contributed by atoms with Crippen molar-refractivity contribution < 1.29 is 0 Å². The lowest BCUT2D eigenvalue weighted by Crippen LogP contribution is -2.42. The van der Waals surface area contributed by atoms with Gasteiger partial charge in [-0.05, 0) is 30.4 Å². The maximum Gasteiger partial charge on any atom is 0.191 e. The molecule has 3 N–H and O–H groups in total. The Balaban J connectivity index is 1.66. The Morgan fingerprint density at radius 2 is 2.23 bits per heavy atom. The first-order chi connectivity index (χ1) is 10.7. The van der Waals surface area contributed by atoms with Gasteiger partial charge in [-0.3, -0.25) is 5.10 Å². The van der Waals surface area contributed by atoms with Gasteiger partial charge in [0.2, 0.25) is 0 Å². The maximum absolute atomic E-state index is 6.12. The van der Waals surface area contributed by atoms with Crippen molar-refractivity contribution >= 4 is 5.96 Å². The molecule has 0 saturated carbocycles. The summed E-state index contributed by atoms with van der Waals surface area (Å²) in [6.07, 6.45) is 3.89. The predicted octanol–water partition coefficient (Wildman–Crippen LogP) is 2.02. The molecular formula is C16H22N6. The SMILES string of the molecule is CC1CCN(C(N)=NCc2cccc(-c3ncn[nH]3)c2)CC1. The number of guanidine groups is 1. The van der Waals surface area contributed by atoms with E-state index < -0.39 is 0 Å². The zero-order valence-electron chi connectivity index (χ0n) is 12.9. The smallest absolute Gasteiger partial charge is 0.191 e. The van der Waals surface area contributed by atoms with Gasteiger partial charge in [-0.1, -0.05) is 25.1 Å². The lowest BCUT2D eigenvalue weighted by molar-refractivity contribution is 0.277. The van der Waals surface area contributed by atoms with Crippen LogP contribution in [0.5, 0.6) is 0 Å². The first-order valence-electron chi connectivity index (χ1n) is 7.72. The van der Waals surface area contributed by atoms with Gasteiger partial charge in [-0.2, -0.15) is 5.10 Å². The number of benzene rings is 1. The molecule has 2 aromatic rings. The monoisotopic (exact) mass is 298 g/mol. The Hall–Kier alpha value is -2.37. The molecule has 1 aliphatic rings. The Labute approximate surface area is 130 Å². The molecule has 1 aromatic heterocycles. The third-order valence-electron chi connectivity index (χ3n) is 4.15. The summed E-state index contributed by atoms with van der Waals surface area (Å²) in [6, 6.07) is 8.12. The van der Waals surface area contributed by atoms with E-state index in [0.29, 0.717) is 12.5 Å². The van der Waals surface area contributed by atoms with Crippen LogP contribution < -0.4 is 5.73 Å². The molecule has 22 heavy (non-hydrogen) atoms. The normalized spacial score (nSPS) is 17.0. The van der Waals surface area contributed by atoms with Crippen LogP contribution in [0.15, 0.2) is 35.6 Å². The zero-order chi connectivity index (χ0) is 15.4. The summed E-state index contributed by atoms with van der Waals surface area (Å²) in [5, 5.41) is 6.75. The van der Waals surface area contributed by atoms with Crippen LogP contribution in [0.1, 0.15) is 25.3 Å². The summed E-state index contributed by atoms with van der Waals surface area (Å²) in [6.45, 7) is 4.89. The summed E-state index contributed by atoms with van der Waals surface area (Å²) in [5.74, 6) is 2.21. The Morgan fingerprint density at radius 3 is 2.95 bits per heavy atom. The van der Waals surface area contributed by atoms with Crippen molar-refractivity contribution in [2.75, 3.05) is 13.1 Å². The molecule has 1 aromatic carbocycles. The van der Waals surface area contributed by atoms with Gasteiger partial charge in [0.15, 0.2) is 11.8 Å². The van der Waals surface area contributed by atoms with Crippen molar-refractivity contribution in [3.05, 3.63) is 36.2 Å². The van der Waals surface area contributed by atoms with Crippen LogP contribution in [0.3, 0.4) is 0 Å². The standard InChI is InChI=1S/C16H22N6/c1-12-5-7-22(8-6-12)16(17)18-10-13-3-2-4-14(9-13)15-19-11-20-21-15/h2-4,9,11-12H,5-8,10H2,1H3,(H2,17,18)(H,19,20,21). The summed E-state index contributed by atoms with van der Waals surface area (Å²) in [7, 11) is 0. The van der Waals surface area contributed by atoms with Gasteiger partial charge in [-0.25, -0.2) is 9.98 Å². The largest absolute Gasteiger partial charge is 0.370 e. The van der Waals surface area contributed by atoms with Gasteiger partial charge in [-0.15, -0.1) is 0 Å². The molecule has 0 spiro atoms. The molecule has 0 aliphatic carbocycles. The fourth-order valence-corrected chi connectivity index (χ4v) is 2.67. The van der Waals surface area contributed by atoms with E-state index in [2.05, 4.69) is 44.1 Å². The zero-order valence-corrected chi connectivity index (χ0v) is 12.9. The molecule has 6 nitrogen and oxygen atoms in total. The summed E-state index contributed by atoms with van der Waals surface area (Å²) in [4.78, 5) is 10.9. The van der Waals surface area contributed by atoms with Crippen LogP contribution in [-0.2, 0) is 6.54 Å². The van der Waals surface area contributed by atoms with Crippen LogP contribution >= 0.6 is 0 Å². The van der Waals surface area contributed by atoms with Crippen molar-refractivity contribution in [3.8, 4) is 11.4 Å². The number of nitrogens with zero attached hydrogens (tertiary/aromatic N) is 4. The molecule has 1 aliphatic heterocycles. The van der Waals surface area contributed by atoms with Crippen LogP contribution in [0, 0.1) is 5.92 Å². The maximum atomic E-state index is 6.12. The number of H-pyrrole nitrogens is 1. The number of aromatic amines is 1. The second-order valence-corrected chi connectivity index (χ2v) is 5.88. The molecule has 0 amide bonds. The second-order valence-electron chi connectivity index (χ2n) is 5.88. The number of hydrogen-bond donors (Lipinski definition) is 2. The topological polar surface area (TPSA) is 83.2 Å². The number of nitrogens with one attached hydrogen (secondary N) is 1. The predicted molar refractivity (Wildman–Crippen MR) is 87.1 cm³/mol. The molecule has 116 valence electrons. The van der Waals surface area contributed by atoms with Gasteiger partial charge >= 0.3 is 0 Å². The number of piperidine rings is 1. The molecule has 3 rings (SSSR count). The minimum Gasteiger partial charge on any atom is -0.370 e. The quantitative estimate of drug-likeness (QED) is 0.671. The number of hydrogen-bond acceptors (Lipinski definition) is 3. The van der Waals surface area contributed by atoms with Crippen LogP contribution in [-0.4, -0.2) is 39.1 Å². The first kappa shape index (κ1) is 14.6. The number of rotatable bonds is 3. The fourth-order valence-electron chi connectivity index (χ4n) is 2.67. The minimum absolute atomic E-state index is 0.583. The third kappa shape index (κ3) is 3.44. The first-order valence-corrected chi connectivity index (χ1v) is 7.72. The Morgan fingerprint density at radius 1 is 1.41 bits per heavy atom. The lowest BCUT2D eigenvalue weighted by Gasteiger charge is -2.31. The summed E-state index contributed by atoms with van der Waals surface area (Å²) >= 11 is 0. The van der Waals surface area contributed by atoms with Gasteiger partial charge in [0, 0.05) is 18.7 Å². The van der Waals surface area contributed by atoms with Crippen molar-refractivity contribution in [1.29, 1.82) is 0 Å². The average Bonchev–Trinajstić information content (AvgIpc) is 3.08. The van der Waals surface area contributed by atoms with E-state index >= 15 is 0 Å². The molecule has 0 radical (unpaired) electrons. The van der Waals surface area contributed by atoms with Crippen LogP contribution in [0.4, 0.5) is 0 Å². The highest BCUT2D eigenvalue weighted by Crippen LogP contribution is 2.17. The van der Waals surface area contributed by atoms with Gasteiger partial charge < -0.3 is 10.6 Å². The van der Waals surface area contributed by atoms with E-state index in [1.807, 2.05) is 12.1 Å². The molecule has 0 unspecified atom stereocenters. The van der Waals surface area contributed by atoms with E-state index in [1.165, 1.54) is 19.2 Å². The van der Waals surface area contributed by atoms with Crippen LogP contribution in [0.25, 0.3) is 11.4 Å². The summed E-state index contributed by atoms with van der Waals surface area (Å²) < 4.78 is 0. The average molecular weight is 298 g/mol. The fraction of sp³-hybridized carbons (Fsp3) is 0.438. The molecule has 6 heteroatoms. The van der Waals surface area contributed by atoms with Gasteiger partial charge in [0.05, 0.1) is 6.54 Å². The molecular weight excluding hydrogens is 276 g/mol. The highest BCUT2D eigenvalue weighted by atomic mass is 15.3. The molecule has 2 heterocycles. The Bertz CT molecular complexity index is 626. The number of nitrogens with two attached hydrogens (primary N) is 1. The number of aliphatic imine (C=N–C) groups is 1. The van der Waals surface area contributed by atoms with Gasteiger partial charge in [0.1, 0.15) is 6.33 Å². The molecule has 1 fully saturated rings. The van der Waals surface area contributed by atoms with Crippen molar-refractivity contribution in [3.63, 3.8) is 0 Å². The van der Waals surface area contributed by atoms with Crippen molar-refractivity contribution in [1.82, 2.24) is 20.1 Å². The minimum atomic E-state index is 0.583. The van der Waals surface area contributed by atoms with Crippen molar-refractivity contribution in [2.45, 2.75) is 26.3 Å². The summed E-state index contributed by atoms with van der Waals surface area (Å²) in [5.41, 5.74) is 8.24. The van der Waals surface area contributed by atoms with Gasteiger partial charge in [0.25, 0.3) is 0 Å². The van der Waals surface area contributed by atoms with Crippen molar-refractivity contribution in [2.24, 2.45) is 16.6 Å². The molecule has 1 saturated heterocycles. The lowest BCUT2D eigenvalue weighted by atomic mass is 10.00. The van der Waals surface area contributed by atoms with E-state index in [4.69, 9.17) is 5.73 Å². The molecule has 0 bridgehead atoms. The Kier molecular flexibility index (Phi) is 4.37. The highest BCUT2D eigenvalue weighted by Gasteiger charge is 2.16. The van der Waals surface area contributed by atoms with Crippen LogP contribution in [0.2, 0.25) is 0 Å². The number of aromatic nitrogens is 3. The third-order valence-corrected chi connectivity index (χ3v) is 4.15. The van der Waals surface area contributed by atoms with E-state index in [1.54, 1.807) is 0 Å². The van der Waals surface area contributed by atoms with E-state index in [-0.39, 0.29) is 0 Å². The number of likely N-dealkylation sites (tertiary alicyclic amines) is 1.